The van der Waals surface area contributed by atoms with Gasteiger partial charge in [0.2, 0.25) is 0 Å². The standard InChI is InChI=1S/C13H18FN3O2S/c1-9(2)7-16-13(15)17-8-10-6-11(20(3,18)19)4-5-12(10)14/h4-6H,1,7-8H2,2-3H3,(H3,15,16,17). The van der Waals surface area contributed by atoms with Gasteiger partial charge in [0, 0.05) is 18.4 Å². The zero-order chi connectivity index (χ0) is 15.3. The van der Waals surface area contributed by atoms with Crippen LogP contribution in [0.4, 0.5) is 4.39 Å². The minimum atomic E-state index is -3.38. The largest absolute Gasteiger partial charge is 0.370 e. The van der Waals surface area contributed by atoms with Crippen LogP contribution in [0.5, 0.6) is 0 Å². The number of aliphatic imine (C=N–C) groups is 1. The van der Waals surface area contributed by atoms with Crippen LogP contribution in [0.25, 0.3) is 0 Å². The SMILES string of the molecule is C=C(C)CNC(N)=NCc1cc(S(C)(=O)=O)ccc1F. The first kappa shape index (κ1) is 16.2. The van der Waals surface area contributed by atoms with Gasteiger partial charge in [-0.05, 0) is 25.1 Å². The van der Waals surface area contributed by atoms with E-state index in [0.717, 1.165) is 17.9 Å². The summed E-state index contributed by atoms with van der Waals surface area (Å²) in [6.45, 7) is 5.96. The van der Waals surface area contributed by atoms with Crippen molar-refractivity contribution in [2.45, 2.75) is 18.4 Å². The van der Waals surface area contributed by atoms with Gasteiger partial charge in [0.1, 0.15) is 5.82 Å². The van der Waals surface area contributed by atoms with Crippen molar-refractivity contribution in [2.75, 3.05) is 12.8 Å². The second-order valence-corrected chi connectivity index (χ2v) is 6.55. The zero-order valence-electron chi connectivity index (χ0n) is 11.5. The Kier molecular flexibility index (Phi) is 5.26. The minimum absolute atomic E-state index is 0.0375. The van der Waals surface area contributed by atoms with Crippen molar-refractivity contribution in [1.82, 2.24) is 5.32 Å². The summed E-state index contributed by atoms with van der Waals surface area (Å²) < 4.78 is 36.4. The number of rotatable bonds is 5. The average molecular weight is 299 g/mol. The molecule has 1 aromatic rings. The molecule has 5 nitrogen and oxygen atoms in total. The molecule has 0 heterocycles. The van der Waals surface area contributed by atoms with Crippen molar-refractivity contribution >= 4 is 15.8 Å². The number of sulfone groups is 1. The first-order valence-corrected chi connectivity index (χ1v) is 7.76. The van der Waals surface area contributed by atoms with Gasteiger partial charge in [-0.1, -0.05) is 12.2 Å². The number of hydrogen-bond acceptors (Lipinski definition) is 3. The molecular formula is C13H18FN3O2S. The molecule has 0 spiro atoms. The molecule has 20 heavy (non-hydrogen) atoms. The molecule has 0 aliphatic rings. The zero-order valence-corrected chi connectivity index (χ0v) is 12.3. The summed E-state index contributed by atoms with van der Waals surface area (Å²) in [5, 5.41) is 2.80. The van der Waals surface area contributed by atoms with Crippen LogP contribution in [-0.2, 0) is 16.4 Å². The number of nitrogens with zero attached hydrogens (tertiary/aromatic N) is 1. The molecule has 1 rings (SSSR count). The van der Waals surface area contributed by atoms with Gasteiger partial charge in [-0.15, -0.1) is 0 Å². The van der Waals surface area contributed by atoms with Crippen LogP contribution in [0.2, 0.25) is 0 Å². The Morgan fingerprint density at radius 2 is 2.15 bits per heavy atom. The minimum Gasteiger partial charge on any atom is -0.370 e. The van der Waals surface area contributed by atoms with Crippen molar-refractivity contribution in [1.29, 1.82) is 0 Å². The van der Waals surface area contributed by atoms with E-state index in [1.165, 1.54) is 12.1 Å². The Hall–Kier alpha value is -1.89. The average Bonchev–Trinajstić information content (AvgIpc) is 2.33. The smallest absolute Gasteiger partial charge is 0.189 e. The van der Waals surface area contributed by atoms with E-state index in [2.05, 4.69) is 16.9 Å². The second kappa shape index (κ2) is 6.51. The summed E-state index contributed by atoms with van der Waals surface area (Å²) >= 11 is 0. The summed E-state index contributed by atoms with van der Waals surface area (Å²) in [4.78, 5) is 4.01. The number of nitrogens with two attached hydrogens (primary N) is 1. The quantitative estimate of drug-likeness (QED) is 0.370. The number of guanidine groups is 1. The third kappa shape index (κ3) is 5.00. The van der Waals surface area contributed by atoms with Crippen molar-refractivity contribution in [3.8, 4) is 0 Å². The van der Waals surface area contributed by atoms with Gasteiger partial charge < -0.3 is 11.1 Å². The number of hydrogen-bond donors (Lipinski definition) is 2. The molecule has 0 saturated carbocycles. The lowest BCUT2D eigenvalue weighted by atomic mass is 10.2. The molecule has 110 valence electrons. The van der Waals surface area contributed by atoms with Gasteiger partial charge in [-0.3, -0.25) is 0 Å². The molecule has 0 unspecified atom stereocenters. The van der Waals surface area contributed by atoms with Crippen LogP contribution in [0.3, 0.4) is 0 Å². The van der Waals surface area contributed by atoms with Crippen LogP contribution in [0.15, 0.2) is 40.2 Å². The summed E-state index contributed by atoms with van der Waals surface area (Å²) in [5.41, 5.74) is 6.66. The molecule has 0 aromatic heterocycles. The Bertz CT molecular complexity index is 639. The van der Waals surface area contributed by atoms with E-state index >= 15 is 0 Å². The lowest BCUT2D eigenvalue weighted by Gasteiger charge is -2.06. The molecule has 0 atom stereocenters. The third-order valence-electron chi connectivity index (χ3n) is 2.44. The molecule has 1 aromatic carbocycles. The highest BCUT2D eigenvalue weighted by atomic mass is 32.2. The molecule has 3 N–H and O–H groups in total. The number of benzene rings is 1. The third-order valence-corrected chi connectivity index (χ3v) is 3.55. The van der Waals surface area contributed by atoms with E-state index in [9.17, 15) is 12.8 Å². The fraction of sp³-hybridized carbons (Fsp3) is 0.308. The van der Waals surface area contributed by atoms with Gasteiger partial charge in [0.15, 0.2) is 15.8 Å². The van der Waals surface area contributed by atoms with E-state index in [4.69, 9.17) is 5.73 Å². The van der Waals surface area contributed by atoms with Gasteiger partial charge in [-0.2, -0.15) is 0 Å². The van der Waals surface area contributed by atoms with Crippen LogP contribution in [0.1, 0.15) is 12.5 Å². The highest BCUT2D eigenvalue weighted by molar-refractivity contribution is 7.90. The molecule has 0 aliphatic carbocycles. The van der Waals surface area contributed by atoms with Crippen molar-refractivity contribution in [2.24, 2.45) is 10.7 Å². The Morgan fingerprint density at radius 1 is 1.50 bits per heavy atom. The first-order chi connectivity index (χ1) is 9.20. The van der Waals surface area contributed by atoms with Gasteiger partial charge >= 0.3 is 0 Å². The summed E-state index contributed by atoms with van der Waals surface area (Å²) in [5.74, 6) is -0.369. The highest BCUT2D eigenvalue weighted by Gasteiger charge is 2.10. The number of nitrogens with one attached hydrogen (secondary N) is 1. The van der Waals surface area contributed by atoms with Crippen LogP contribution in [0, 0.1) is 5.82 Å². The maximum atomic E-state index is 13.6. The van der Waals surface area contributed by atoms with Crippen LogP contribution < -0.4 is 11.1 Å². The fourth-order valence-corrected chi connectivity index (χ4v) is 2.04. The molecule has 0 bridgehead atoms. The monoisotopic (exact) mass is 299 g/mol. The number of halogens is 1. The van der Waals surface area contributed by atoms with Crippen LogP contribution in [-0.4, -0.2) is 27.2 Å². The second-order valence-electron chi connectivity index (χ2n) is 4.54. The molecule has 0 aliphatic heterocycles. The van der Waals surface area contributed by atoms with Gasteiger partial charge in [0.05, 0.1) is 11.4 Å². The van der Waals surface area contributed by atoms with Gasteiger partial charge in [-0.25, -0.2) is 17.8 Å². The van der Waals surface area contributed by atoms with Crippen molar-refractivity contribution in [3.05, 3.63) is 41.7 Å². The van der Waals surface area contributed by atoms with Crippen molar-refractivity contribution in [3.63, 3.8) is 0 Å². The Morgan fingerprint density at radius 3 is 2.70 bits per heavy atom. The van der Waals surface area contributed by atoms with Gasteiger partial charge in [0.25, 0.3) is 0 Å². The molecule has 0 radical (unpaired) electrons. The normalized spacial score (nSPS) is 12.2. The molecule has 0 amide bonds. The maximum Gasteiger partial charge on any atom is 0.189 e. The van der Waals surface area contributed by atoms with Crippen LogP contribution >= 0.6 is 0 Å². The predicted octanol–water partition coefficient (Wildman–Crippen LogP) is 1.21. The predicted molar refractivity (Wildman–Crippen MR) is 77.7 cm³/mol. The van der Waals surface area contributed by atoms with E-state index in [1.807, 2.05) is 6.92 Å². The Balaban J connectivity index is 2.87. The molecular weight excluding hydrogens is 281 g/mol. The summed E-state index contributed by atoms with van der Waals surface area (Å²) in [6, 6.07) is 3.60. The highest BCUT2D eigenvalue weighted by Crippen LogP contribution is 2.15. The lowest BCUT2D eigenvalue weighted by Crippen LogP contribution is -2.32. The summed E-state index contributed by atoms with van der Waals surface area (Å²) in [6.07, 6.45) is 1.07. The van der Waals surface area contributed by atoms with E-state index < -0.39 is 15.7 Å². The van der Waals surface area contributed by atoms with E-state index in [0.29, 0.717) is 6.54 Å². The lowest BCUT2D eigenvalue weighted by molar-refractivity contribution is 0.597. The molecule has 7 heteroatoms. The fourth-order valence-electron chi connectivity index (χ4n) is 1.37. The van der Waals surface area contributed by atoms with Crippen molar-refractivity contribution < 1.29 is 12.8 Å². The summed E-state index contributed by atoms with van der Waals surface area (Å²) in [7, 11) is -3.38. The molecule has 0 fully saturated rings. The Labute approximate surface area is 118 Å². The van der Waals surface area contributed by atoms with E-state index in [1.54, 1.807) is 0 Å². The first-order valence-electron chi connectivity index (χ1n) is 5.87. The van der Waals surface area contributed by atoms with E-state index in [-0.39, 0.29) is 23.0 Å². The topological polar surface area (TPSA) is 84.5 Å². The molecule has 0 saturated heterocycles. The maximum absolute atomic E-state index is 13.6.